The van der Waals surface area contributed by atoms with Crippen molar-refractivity contribution in [1.82, 2.24) is 14.4 Å². The molecule has 5 nitrogen and oxygen atoms in total. The average molecular weight is 320 g/mol. The molecule has 0 spiro atoms. The zero-order valence-corrected chi connectivity index (χ0v) is 12.5. The van der Waals surface area contributed by atoms with Gasteiger partial charge < -0.3 is 10.4 Å². The van der Waals surface area contributed by atoms with Crippen LogP contribution in [0.4, 0.5) is 15.9 Å². The predicted molar refractivity (Wildman–Crippen MR) is 89.8 cm³/mol. The summed E-state index contributed by atoms with van der Waals surface area (Å²) in [4.78, 5) is 8.68. The van der Waals surface area contributed by atoms with E-state index in [2.05, 4.69) is 15.3 Å². The molecule has 2 heterocycles. The van der Waals surface area contributed by atoms with E-state index in [-0.39, 0.29) is 11.6 Å². The smallest absolute Gasteiger partial charge is 0.157 e. The Morgan fingerprint density at radius 2 is 1.92 bits per heavy atom. The lowest BCUT2D eigenvalue weighted by molar-refractivity contribution is 0.475. The molecule has 0 radical (unpaired) electrons. The summed E-state index contributed by atoms with van der Waals surface area (Å²) in [6.07, 6.45) is 5.11. The molecule has 2 aromatic carbocycles. The van der Waals surface area contributed by atoms with Gasteiger partial charge >= 0.3 is 0 Å². The fraction of sp³-hybridized carbons (Fsp3) is 0. The highest BCUT2D eigenvalue weighted by molar-refractivity contribution is 5.79. The maximum Gasteiger partial charge on any atom is 0.157 e. The van der Waals surface area contributed by atoms with E-state index in [9.17, 15) is 9.50 Å². The lowest BCUT2D eigenvalue weighted by Gasteiger charge is -2.09. The maximum absolute atomic E-state index is 13.1. The summed E-state index contributed by atoms with van der Waals surface area (Å²) in [6.45, 7) is 0. The van der Waals surface area contributed by atoms with Gasteiger partial charge in [0.1, 0.15) is 23.1 Å². The van der Waals surface area contributed by atoms with Crippen molar-refractivity contribution < 1.29 is 9.50 Å². The van der Waals surface area contributed by atoms with E-state index >= 15 is 0 Å². The maximum atomic E-state index is 13.1. The number of halogens is 1. The van der Waals surface area contributed by atoms with Crippen LogP contribution in [-0.4, -0.2) is 19.5 Å². The van der Waals surface area contributed by atoms with E-state index in [4.69, 9.17) is 0 Å². The Morgan fingerprint density at radius 3 is 2.71 bits per heavy atom. The van der Waals surface area contributed by atoms with Gasteiger partial charge in [0.05, 0.1) is 6.20 Å². The Hall–Kier alpha value is -3.41. The van der Waals surface area contributed by atoms with Gasteiger partial charge in [-0.3, -0.25) is 9.38 Å². The molecular formula is C18H13FN4O. The highest BCUT2D eigenvalue weighted by Gasteiger charge is 2.15. The van der Waals surface area contributed by atoms with Crippen molar-refractivity contribution >= 4 is 17.2 Å². The van der Waals surface area contributed by atoms with Crippen molar-refractivity contribution in [2.75, 3.05) is 5.32 Å². The van der Waals surface area contributed by atoms with Crippen molar-refractivity contribution in [2.24, 2.45) is 0 Å². The molecule has 0 unspecified atom stereocenters. The van der Waals surface area contributed by atoms with Crippen LogP contribution in [0.5, 0.6) is 5.75 Å². The molecule has 0 aliphatic heterocycles. The van der Waals surface area contributed by atoms with E-state index in [1.54, 1.807) is 48.9 Å². The van der Waals surface area contributed by atoms with Gasteiger partial charge in [0.15, 0.2) is 5.65 Å². The third-order valence-corrected chi connectivity index (χ3v) is 3.66. The fourth-order valence-electron chi connectivity index (χ4n) is 2.55. The number of nitrogens with zero attached hydrogens (tertiary/aromatic N) is 3. The minimum absolute atomic E-state index is 0.162. The summed E-state index contributed by atoms with van der Waals surface area (Å²) in [7, 11) is 0. The first kappa shape index (κ1) is 14.2. The van der Waals surface area contributed by atoms with Crippen LogP contribution in [0.3, 0.4) is 0 Å². The van der Waals surface area contributed by atoms with Crippen LogP contribution >= 0.6 is 0 Å². The summed E-state index contributed by atoms with van der Waals surface area (Å²) in [5, 5.41) is 13.0. The lowest BCUT2D eigenvalue weighted by Crippen LogP contribution is -1.97. The number of nitrogens with one attached hydrogen (secondary N) is 1. The normalized spacial score (nSPS) is 10.9. The van der Waals surface area contributed by atoms with Gasteiger partial charge in [-0.25, -0.2) is 9.37 Å². The number of phenols is 1. The number of fused-ring (bicyclic) bond motifs is 1. The Bertz CT molecular complexity index is 1010. The van der Waals surface area contributed by atoms with E-state index < -0.39 is 0 Å². The van der Waals surface area contributed by atoms with E-state index in [0.717, 1.165) is 11.3 Å². The number of anilines is 2. The van der Waals surface area contributed by atoms with Crippen molar-refractivity contribution in [1.29, 1.82) is 0 Å². The van der Waals surface area contributed by atoms with E-state index in [1.165, 1.54) is 12.1 Å². The lowest BCUT2D eigenvalue weighted by atomic mass is 10.1. The molecule has 24 heavy (non-hydrogen) atoms. The largest absolute Gasteiger partial charge is 0.508 e. The van der Waals surface area contributed by atoms with Gasteiger partial charge in [-0.1, -0.05) is 12.1 Å². The zero-order chi connectivity index (χ0) is 16.5. The summed E-state index contributed by atoms with van der Waals surface area (Å²) in [6, 6.07) is 13.0. The Labute approximate surface area is 137 Å². The molecule has 0 aliphatic carbocycles. The molecule has 4 aromatic rings. The standard InChI is InChI=1S/C18H13FN4O/c19-13-4-6-14(7-5-13)21-18-17(12-2-1-3-15(24)10-12)22-16-11-20-8-9-23(16)18/h1-11,21,24H. The SMILES string of the molecule is Oc1cccc(-c2nc3cnccn3c2Nc2ccc(F)cc2)c1. The summed E-state index contributed by atoms with van der Waals surface area (Å²) in [5.74, 6) is 0.580. The minimum Gasteiger partial charge on any atom is -0.508 e. The molecule has 0 saturated carbocycles. The zero-order valence-electron chi connectivity index (χ0n) is 12.5. The molecule has 0 aliphatic rings. The van der Waals surface area contributed by atoms with Crippen LogP contribution in [0.2, 0.25) is 0 Å². The number of hydrogen-bond donors (Lipinski definition) is 2. The number of benzene rings is 2. The molecule has 2 aromatic heterocycles. The number of aromatic hydroxyl groups is 1. The van der Waals surface area contributed by atoms with Gasteiger partial charge in [0.2, 0.25) is 0 Å². The predicted octanol–water partition coefficient (Wildman–Crippen LogP) is 3.98. The van der Waals surface area contributed by atoms with Gasteiger partial charge in [-0.15, -0.1) is 0 Å². The van der Waals surface area contributed by atoms with Crippen LogP contribution < -0.4 is 5.32 Å². The van der Waals surface area contributed by atoms with Crippen LogP contribution in [0, 0.1) is 5.82 Å². The number of phenolic OH excluding ortho intramolecular Hbond substituents is 1. The third-order valence-electron chi connectivity index (χ3n) is 3.66. The van der Waals surface area contributed by atoms with Crippen molar-refractivity contribution in [3.63, 3.8) is 0 Å². The minimum atomic E-state index is -0.295. The molecule has 0 saturated heterocycles. The highest BCUT2D eigenvalue weighted by atomic mass is 19.1. The summed E-state index contributed by atoms with van der Waals surface area (Å²) in [5.41, 5.74) is 2.84. The molecule has 0 amide bonds. The molecule has 0 fully saturated rings. The quantitative estimate of drug-likeness (QED) is 0.599. The monoisotopic (exact) mass is 320 g/mol. The molecule has 6 heteroatoms. The third kappa shape index (κ3) is 2.54. The first-order chi connectivity index (χ1) is 11.7. The van der Waals surface area contributed by atoms with Gasteiger partial charge in [0.25, 0.3) is 0 Å². The van der Waals surface area contributed by atoms with Gasteiger partial charge in [0, 0.05) is 23.6 Å². The Kier molecular flexibility index (Phi) is 3.35. The summed E-state index contributed by atoms with van der Waals surface area (Å²) < 4.78 is 15.0. The van der Waals surface area contributed by atoms with Gasteiger partial charge in [-0.05, 0) is 36.4 Å². The number of aromatic nitrogens is 3. The average Bonchev–Trinajstić information content (AvgIpc) is 2.96. The van der Waals surface area contributed by atoms with Crippen LogP contribution in [-0.2, 0) is 0 Å². The van der Waals surface area contributed by atoms with Crippen molar-refractivity contribution in [3.8, 4) is 17.0 Å². The first-order valence-electron chi connectivity index (χ1n) is 7.35. The number of hydrogen-bond acceptors (Lipinski definition) is 4. The Balaban J connectivity index is 1.88. The second-order valence-corrected chi connectivity index (χ2v) is 5.30. The van der Waals surface area contributed by atoms with Crippen molar-refractivity contribution in [3.05, 3.63) is 72.9 Å². The summed E-state index contributed by atoms with van der Waals surface area (Å²) >= 11 is 0. The second kappa shape index (κ2) is 5.66. The molecular weight excluding hydrogens is 307 g/mol. The van der Waals surface area contributed by atoms with Crippen LogP contribution in [0.1, 0.15) is 0 Å². The molecule has 4 rings (SSSR count). The fourth-order valence-corrected chi connectivity index (χ4v) is 2.55. The van der Waals surface area contributed by atoms with Crippen LogP contribution in [0.15, 0.2) is 67.1 Å². The second-order valence-electron chi connectivity index (χ2n) is 5.30. The molecule has 118 valence electrons. The van der Waals surface area contributed by atoms with Crippen molar-refractivity contribution in [2.45, 2.75) is 0 Å². The molecule has 2 N–H and O–H groups in total. The first-order valence-corrected chi connectivity index (χ1v) is 7.35. The van der Waals surface area contributed by atoms with E-state index in [1.807, 2.05) is 10.5 Å². The van der Waals surface area contributed by atoms with Crippen LogP contribution in [0.25, 0.3) is 16.9 Å². The topological polar surface area (TPSA) is 62.5 Å². The van der Waals surface area contributed by atoms with Gasteiger partial charge in [-0.2, -0.15) is 0 Å². The Morgan fingerprint density at radius 1 is 1.08 bits per heavy atom. The number of rotatable bonds is 3. The number of imidazole rings is 1. The molecule has 0 bridgehead atoms. The van der Waals surface area contributed by atoms with E-state index in [0.29, 0.717) is 17.2 Å². The molecule has 0 atom stereocenters. The highest BCUT2D eigenvalue weighted by Crippen LogP contribution is 2.32.